The number of nitrogens with two attached hydrogens (primary N) is 1. The second-order valence-electron chi connectivity index (χ2n) is 7.08. The number of guanidine groups is 1. The van der Waals surface area contributed by atoms with Crippen molar-refractivity contribution < 1.29 is 9.53 Å². The topological polar surface area (TPSA) is 88.7 Å². The van der Waals surface area contributed by atoms with Crippen LogP contribution < -0.4 is 21.1 Å². The first-order chi connectivity index (χ1) is 14.0. The van der Waals surface area contributed by atoms with Crippen molar-refractivity contribution in [2.24, 2.45) is 10.7 Å². The van der Waals surface area contributed by atoms with Crippen molar-refractivity contribution in [2.75, 3.05) is 26.2 Å². The van der Waals surface area contributed by atoms with Crippen molar-refractivity contribution in [3.05, 3.63) is 64.7 Å². The van der Waals surface area contributed by atoms with Crippen molar-refractivity contribution >= 4 is 35.8 Å². The molecule has 4 N–H and O–H groups in total. The van der Waals surface area contributed by atoms with Gasteiger partial charge in [0.05, 0.1) is 0 Å². The maximum atomic E-state index is 10.8. The van der Waals surface area contributed by atoms with Crippen LogP contribution in [0.1, 0.15) is 29.2 Å². The summed E-state index contributed by atoms with van der Waals surface area (Å²) in [4.78, 5) is 15.4. The molecule has 1 amide bonds. The van der Waals surface area contributed by atoms with Crippen LogP contribution in [0.4, 0.5) is 0 Å². The minimum Gasteiger partial charge on any atom is -0.484 e. The number of benzene rings is 2. The number of aryl methyl sites for hydroxylation is 2. The summed E-state index contributed by atoms with van der Waals surface area (Å²) in [5, 5.41) is 6.70. The molecule has 164 valence electrons. The quantitative estimate of drug-likeness (QED) is 0.253. The summed E-state index contributed by atoms with van der Waals surface area (Å²) in [6.07, 6.45) is 1.78. The van der Waals surface area contributed by atoms with Crippen molar-refractivity contribution in [3.8, 4) is 5.75 Å². The number of rotatable bonds is 10. The fraction of sp³-hybridized carbons (Fsp3) is 0.391. The van der Waals surface area contributed by atoms with Gasteiger partial charge in [0.15, 0.2) is 12.6 Å². The highest BCUT2D eigenvalue weighted by atomic mass is 127. The summed E-state index contributed by atoms with van der Waals surface area (Å²) in [6, 6.07) is 14.3. The standard InChI is InChI=1S/C23H32N4O2.HI/c1-4-25-23(27-12-10-20-14-17(2)13-18(3)15-20)26-11-9-19-5-7-21(8-6-19)29-16-22(24)28;/h5-8,13-15H,4,9-12,16H2,1-3H3,(H2,24,28)(H2,25,26,27);1H. The molecule has 0 saturated heterocycles. The van der Waals surface area contributed by atoms with E-state index in [-0.39, 0.29) is 30.6 Å². The number of nitrogens with zero attached hydrogens (tertiary/aromatic N) is 1. The predicted octanol–water partition coefficient (Wildman–Crippen LogP) is 3.13. The van der Waals surface area contributed by atoms with Crippen LogP contribution in [0.3, 0.4) is 0 Å². The molecule has 2 aromatic carbocycles. The zero-order valence-corrected chi connectivity index (χ0v) is 20.4. The Labute approximate surface area is 196 Å². The minimum atomic E-state index is -0.482. The van der Waals surface area contributed by atoms with E-state index in [1.165, 1.54) is 16.7 Å². The van der Waals surface area contributed by atoms with E-state index in [0.717, 1.165) is 37.5 Å². The zero-order valence-electron chi connectivity index (χ0n) is 18.0. The number of carbonyl (C=O) groups excluding carboxylic acids is 1. The highest BCUT2D eigenvalue weighted by Crippen LogP contribution is 2.12. The summed E-state index contributed by atoms with van der Waals surface area (Å²) >= 11 is 0. The molecule has 2 rings (SSSR count). The molecule has 0 spiro atoms. The molecule has 0 atom stereocenters. The first kappa shape index (κ1) is 25.7. The average molecular weight is 524 g/mol. The minimum absolute atomic E-state index is 0. The SMILES string of the molecule is CCNC(=NCCc1ccc(OCC(N)=O)cc1)NCCc1cc(C)cc(C)c1.I. The number of ether oxygens (including phenoxy) is 1. The lowest BCUT2D eigenvalue weighted by atomic mass is 10.1. The van der Waals surface area contributed by atoms with Gasteiger partial charge in [0.25, 0.3) is 5.91 Å². The smallest absolute Gasteiger partial charge is 0.255 e. The van der Waals surface area contributed by atoms with E-state index < -0.39 is 5.91 Å². The van der Waals surface area contributed by atoms with Crippen LogP contribution in [-0.2, 0) is 17.6 Å². The van der Waals surface area contributed by atoms with Gasteiger partial charge >= 0.3 is 0 Å². The molecule has 0 heterocycles. The Balaban J connectivity index is 0.00000450. The van der Waals surface area contributed by atoms with E-state index in [2.05, 4.69) is 54.6 Å². The van der Waals surface area contributed by atoms with Gasteiger partial charge < -0.3 is 21.1 Å². The van der Waals surface area contributed by atoms with Crippen LogP contribution in [0.2, 0.25) is 0 Å². The molecule has 7 heteroatoms. The van der Waals surface area contributed by atoms with Gasteiger partial charge in [0.1, 0.15) is 5.75 Å². The second kappa shape index (κ2) is 13.8. The van der Waals surface area contributed by atoms with E-state index in [0.29, 0.717) is 12.3 Å². The Bertz CT molecular complexity index is 802. The number of halogens is 1. The third-order valence-electron chi connectivity index (χ3n) is 4.31. The summed E-state index contributed by atoms with van der Waals surface area (Å²) in [5.74, 6) is 0.986. The summed E-state index contributed by atoms with van der Waals surface area (Å²) < 4.78 is 5.27. The van der Waals surface area contributed by atoms with Gasteiger partial charge in [0, 0.05) is 19.6 Å². The molecule has 0 fully saturated rings. The monoisotopic (exact) mass is 524 g/mol. The third-order valence-corrected chi connectivity index (χ3v) is 4.31. The fourth-order valence-corrected chi connectivity index (χ4v) is 3.08. The Morgan fingerprint density at radius 1 is 1.00 bits per heavy atom. The van der Waals surface area contributed by atoms with Gasteiger partial charge in [-0.3, -0.25) is 9.79 Å². The van der Waals surface area contributed by atoms with Gasteiger partial charge in [-0.15, -0.1) is 24.0 Å². The Morgan fingerprint density at radius 3 is 2.27 bits per heavy atom. The molecule has 0 aromatic heterocycles. The molecular weight excluding hydrogens is 491 g/mol. The number of hydrogen-bond donors (Lipinski definition) is 3. The number of nitrogens with one attached hydrogen (secondary N) is 2. The fourth-order valence-electron chi connectivity index (χ4n) is 3.08. The summed E-state index contributed by atoms with van der Waals surface area (Å²) in [6.45, 7) is 8.55. The van der Waals surface area contributed by atoms with E-state index in [1.54, 1.807) is 0 Å². The molecule has 0 bridgehead atoms. The second-order valence-corrected chi connectivity index (χ2v) is 7.08. The van der Waals surface area contributed by atoms with Gasteiger partial charge in [-0.25, -0.2) is 0 Å². The Kier molecular flexibility index (Phi) is 11.9. The molecule has 0 radical (unpaired) electrons. The molecule has 0 unspecified atom stereocenters. The molecule has 0 aliphatic rings. The molecule has 6 nitrogen and oxygen atoms in total. The van der Waals surface area contributed by atoms with Crippen molar-refractivity contribution in [1.29, 1.82) is 0 Å². The third kappa shape index (κ3) is 9.96. The lowest BCUT2D eigenvalue weighted by Gasteiger charge is -2.12. The molecule has 30 heavy (non-hydrogen) atoms. The largest absolute Gasteiger partial charge is 0.484 e. The van der Waals surface area contributed by atoms with Gasteiger partial charge in [-0.1, -0.05) is 41.5 Å². The lowest BCUT2D eigenvalue weighted by molar-refractivity contribution is -0.119. The normalized spacial score (nSPS) is 10.8. The maximum Gasteiger partial charge on any atom is 0.255 e. The first-order valence-corrected chi connectivity index (χ1v) is 10.1. The first-order valence-electron chi connectivity index (χ1n) is 10.1. The van der Waals surface area contributed by atoms with Crippen LogP contribution in [0.25, 0.3) is 0 Å². The zero-order chi connectivity index (χ0) is 21.1. The molecule has 0 aliphatic heterocycles. The lowest BCUT2D eigenvalue weighted by Crippen LogP contribution is -2.38. The number of hydrogen-bond acceptors (Lipinski definition) is 3. The van der Waals surface area contributed by atoms with Crippen LogP contribution in [0.15, 0.2) is 47.5 Å². The Hall–Kier alpha value is -2.29. The van der Waals surface area contributed by atoms with Crippen LogP contribution >= 0.6 is 24.0 Å². The average Bonchev–Trinajstić information content (AvgIpc) is 2.66. The predicted molar refractivity (Wildman–Crippen MR) is 134 cm³/mol. The van der Waals surface area contributed by atoms with Gasteiger partial charge in [-0.05, 0) is 56.9 Å². The maximum absolute atomic E-state index is 10.8. The Morgan fingerprint density at radius 2 is 1.67 bits per heavy atom. The molecular formula is C23H33IN4O2. The number of primary amides is 1. The number of carbonyl (C=O) groups is 1. The van der Waals surface area contributed by atoms with Crippen LogP contribution in [-0.4, -0.2) is 38.1 Å². The molecule has 0 aliphatic carbocycles. The highest BCUT2D eigenvalue weighted by molar-refractivity contribution is 14.0. The molecule has 0 saturated carbocycles. The van der Waals surface area contributed by atoms with E-state index >= 15 is 0 Å². The van der Waals surface area contributed by atoms with Gasteiger partial charge in [-0.2, -0.15) is 0 Å². The highest BCUT2D eigenvalue weighted by Gasteiger charge is 2.01. The van der Waals surface area contributed by atoms with E-state index in [4.69, 9.17) is 10.5 Å². The van der Waals surface area contributed by atoms with Crippen LogP contribution in [0, 0.1) is 13.8 Å². The summed E-state index contributed by atoms with van der Waals surface area (Å²) in [5.41, 5.74) is 10.2. The van der Waals surface area contributed by atoms with E-state index in [9.17, 15) is 4.79 Å². The van der Waals surface area contributed by atoms with Crippen molar-refractivity contribution in [2.45, 2.75) is 33.6 Å². The summed E-state index contributed by atoms with van der Waals surface area (Å²) in [7, 11) is 0. The molecule has 2 aromatic rings. The van der Waals surface area contributed by atoms with Crippen molar-refractivity contribution in [1.82, 2.24) is 10.6 Å². The van der Waals surface area contributed by atoms with E-state index in [1.807, 2.05) is 24.3 Å². The van der Waals surface area contributed by atoms with Crippen LogP contribution in [0.5, 0.6) is 5.75 Å². The number of aliphatic imine (C=N–C) groups is 1. The van der Waals surface area contributed by atoms with Gasteiger partial charge in [0.2, 0.25) is 0 Å². The number of amides is 1. The van der Waals surface area contributed by atoms with Crippen molar-refractivity contribution in [3.63, 3.8) is 0 Å².